The van der Waals surface area contributed by atoms with Gasteiger partial charge in [-0.25, -0.2) is 0 Å². The van der Waals surface area contributed by atoms with Gasteiger partial charge in [-0.2, -0.15) is 0 Å². The van der Waals surface area contributed by atoms with Crippen LogP contribution >= 0.6 is 0 Å². The summed E-state index contributed by atoms with van der Waals surface area (Å²) < 4.78 is 0. The molecule has 0 saturated carbocycles. The van der Waals surface area contributed by atoms with Gasteiger partial charge in [-0.15, -0.1) is 0 Å². The fourth-order valence-corrected chi connectivity index (χ4v) is 4.41. The van der Waals surface area contributed by atoms with Crippen LogP contribution in [0.2, 0.25) is 0 Å². The van der Waals surface area contributed by atoms with Crippen molar-refractivity contribution in [3.63, 3.8) is 0 Å². The normalized spacial score (nSPS) is 20.8. The Morgan fingerprint density at radius 3 is 2.31 bits per heavy atom. The van der Waals surface area contributed by atoms with E-state index in [0.717, 1.165) is 34.6 Å². The molecule has 29 heavy (non-hydrogen) atoms. The molecule has 1 aliphatic heterocycles. The summed E-state index contributed by atoms with van der Waals surface area (Å²) in [6.07, 6.45) is 1.26. The third kappa shape index (κ3) is 3.27. The number of carbonyl (C=O) groups is 1. The molecule has 2 aliphatic rings. The predicted octanol–water partition coefficient (Wildman–Crippen LogP) is 5.37. The number of rotatable bonds is 2. The summed E-state index contributed by atoms with van der Waals surface area (Å²) in [5.41, 5.74) is 5.69. The minimum atomic E-state index is -0.308. The second-order valence-corrected chi connectivity index (χ2v) is 7.67. The quantitative estimate of drug-likeness (QED) is 0.557. The summed E-state index contributed by atoms with van der Waals surface area (Å²) in [7, 11) is 0. The zero-order chi connectivity index (χ0) is 19.8. The highest BCUT2D eigenvalue weighted by Gasteiger charge is 2.36. The number of hydrogen-bond donors (Lipinski definition) is 3. The maximum absolute atomic E-state index is 13.4. The topological polar surface area (TPSA) is 61.4 Å². The highest BCUT2D eigenvalue weighted by molar-refractivity contribution is 6.01. The average Bonchev–Trinajstić information content (AvgIpc) is 2.91. The minimum absolute atomic E-state index is 0.140. The molecule has 3 N–H and O–H groups in total. The maximum atomic E-state index is 13.4. The summed E-state index contributed by atoms with van der Waals surface area (Å²) in [5.74, 6) is 0.494. The van der Waals surface area contributed by atoms with E-state index >= 15 is 0 Å². The van der Waals surface area contributed by atoms with Gasteiger partial charge in [0.25, 0.3) is 0 Å². The van der Waals surface area contributed by atoms with E-state index in [-0.39, 0.29) is 23.5 Å². The fourth-order valence-electron chi connectivity index (χ4n) is 4.41. The number of allylic oxidation sites excluding steroid dienone is 1. The monoisotopic (exact) mass is 382 g/mol. The third-order valence-electron chi connectivity index (χ3n) is 5.78. The van der Waals surface area contributed by atoms with E-state index in [1.54, 1.807) is 12.1 Å². The average molecular weight is 382 g/mol. The first-order valence-electron chi connectivity index (χ1n) is 9.92. The number of hydrogen-bond acceptors (Lipinski definition) is 4. The second-order valence-electron chi connectivity index (χ2n) is 7.67. The van der Waals surface area contributed by atoms with Crippen LogP contribution < -0.4 is 10.6 Å². The number of phenols is 1. The van der Waals surface area contributed by atoms with Gasteiger partial charge in [0, 0.05) is 17.7 Å². The fraction of sp³-hybridized carbons (Fsp3) is 0.160. The molecule has 1 heterocycles. The zero-order valence-electron chi connectivity index (χ0n) is 15.9. The predicted molar refractivity (Wildman–Crippen MR) is 115 cm³/mol. The van der Waals surface area contributed by atoms with Crippen molar-refractivity contribution in [2.75, 3.05) is 10.6 Å². The summed E-state index contributed by atoms with van der Waals surface area (Å²) in [6.45, 7) is 0. The van der Waals surface area contributed by atoms with Gasteiger partial charge in [-0.3, -0.25) is 4.79 Å². The van der Waals surface area contributed by atoms with Crippen molar-refractivity contribution in [3.8, 4) is 5.75 Å². The largest absolute Gasteiger partial charge is 0.508 e. The molecule has 0 unspecified atom stereocenters. The third-order valence-corrected chi connectivity index (χ3v) is 5.78. The summed E-state index contributed by atoms with van der Waals surface area (Å²) in [5, 5.41) is 17.1. The molecule has 0 amide bonds. The molecular formula is C25H22N2O2. The van der Waals surface area contributed by atoms with E-state index in [1.165, 1.54) is 5.56 Å². The number of ketones is 1. The Labute approximate surface area is 169 Å². The Hall–Kier alpha value is -3.53. The highest BCUT2D eigenvalue weighted by atomic mass is 16.3. The van der Waals surface area contributed by atoms with E-state index < -0.39 is 0 Å². The van der Waals surface area contributed by atoms with Crippen molar-refractivity contribution in [2.24, 2.45) is 0 Å². The van der Waals surface area contributed by atoms with Gasteiger partial charge < -0.3 is 15.7 Å². The van der Waals surface area contributed by atoms with Gasteiger partial charge in [-0.1, -0.05) is 54.6 Å². The number of para-hydroxylation sites is 2. The molecular weight excluding hydrogens is 360 g/mol. The number of anilines is 2. The lowest BCUT2D eigenvalue weighted by molar-refractivity contribution is -0.116. The van der Waals surface area contributed by atoms with Crippen molar-refractivity contribution in [1.29, 1.82) is 0 Å². The number of benzene rings is 3. The SMILES string of the molecule is O=C1C[C@@H](c2ccccc2)CC2=C1[C@H](c1cccc(O)c1)Nc1ccccc1N2. The van der Waals surface area contributed by atoms with Gasteiger partial charge in [0.2, 0.25) is 0 Å². The lowest BCUT2D eigenvalue weighted by Crippen LogP contribution is -2.26. The van der Waals surface area contributed by atoms with Crippen molar-refractivity contribution in [1.82, 2.24) is 0 Å². The lowest BCUT2D eigenvalue weighted by Gasteiger charge is -2.30. The number of phenolic OH excluding ortho intramolecular Hbond substituents is 1. The van der Waals surface area contributed by atoms with Crippen molar-refractivity contribution in [2.45, 2.75) is 24.8 Å². The maximum Gasteiger partial charge on any atom is 0.163 e. The molecule has 0 spiro atoms. The molecule has 3 aromatic rings. The molecule has 0 fully saturated rings. The molecule has 4 nitrogen and oxygen atoms in total. The van der Waals surface area contributed by atoms with Crippen LogP contribution in [0.15, 0.2) is 90.1 Å². The van der Waals surface area contributed by atoms with E-state index in [2.05, 4.69) is 22.8 Å². The first-order valence-corrected chi connectivity index (χ1v) is 9.92. The van der Waals surface area contributed by atoms with Crippen molar-refractivity contribution < 1.29 is 9.90 Å². The lowest BCUT2D eigenvalue weighted by atomic mass is 9.78. The summed E-state index contributed by atoms with van der Waals surface area (Å²) in [6, 6.07) is 25.1. The zero-order valence-corrected chi connectivity index (χ0v) is 15.9. The molecule has 0 bridgehead atoms. The molecule has 3 aromatic carbocycles. The van der Waals surface area contributed by atoms with Crippen LogP contribution in [0, 0.1) is 0 Å². The second kappa shape index (κ2) is 7.13. The molecule has 1 aliphatic carbocycles. The van der Waals surface area contributed by atoms with Gasteiger partial charge in [-0.05, 0) is 47.7 Å². The summed E-state index contributed by atoms with van der Waals surface area (Å²) >= 11 is 0. The van der Waals surface area contributed by atoms with Crippen LogP contribution in [0.5, 0.6) is 5.75 Å². The Bertz CT molecular complexity index is 1100. The Morgan fingerprint density at radius 2 is 1.52 bits per heavy atom. The molecule has 4 heteroatoms. The van der Waals surface area contributed by atoms with Crippen LogP contribution in [-0.4, -0.2) is 10.9 Å². The van der Waals surface area contributed by atoms with Crippen LogP contribution in [-0.2, 0) is 4.79 Å². The minimum Gasteiger partial charge on any atom is -0.508 e. The Kier molecular flexibility index (Phi) is 4.32. The molecule has 0 radical (unpaired) electrons. The first-order chi connectivity index (χ1) is 14.2. The van der Waals surface area contributed by atoms with Gasteiger partial charge in [0.05, 0.1) is 17.4 Å². The number of aromatic hydroxyl groups is 1. The van der Waals surface area contributed by atoms with Crippen LogP contribution in [0.1, 0.15) is 35.9 Å². The molecule has 5 rings (SSSR count). The molecule has 144 valence electrons. The van der Waals surface area contributed by atoms with Crippen molar-refractivity contribution >= 4 is 17.2 Å². The number of fused-ring (bicyclic) bond motifs is 1. The summed E-state index contributed by atoms with van der Waals surface area (Å²) in [4.78, 5) is 13.4. The van der Waals surface area contributed by atoms with Crippen LogP contribution in [0.3, 0.4) is 0 Å². The standard InChI is InChI=1S/C25H22N2O2/c28-19-10-6-9-17(13-19)25-24-22(26-20-11-4-5-12-21(20)27-25)14-18(15-23(24)29)16-7-2-1-3-8-16/h1-13,18,25-28H,14-15H2/t18-,25-/m0/s1. The van der Waals surface area contributed by atoms with E-state index in [1.807, 2.05) is 54.6 Å². The smallest absolute Gasteiger partial charge is 0.163 e. The Morgan fingerprint density at radius 1 is 0.793 bits per heavy atom. The van der Waals surface area contributed by atoms with Crippen LogP contribution in [0.4, 0.5) is 11.4 Å². The van der Waals surface area contributed by atoms with Crippen LogP contribution in [0.25, 0.3) is 0 Å². The van der Waals surface area contributed by atoms with E-state index in [4.69, 9.17) is 0 Å². The van der Waals surface area contributed by atoms with Gasteiger partial charge >= 0.3 is 0 Å². The first kappa shape index (κ1) is 17.6. The van der Waals surface area contributed by atoms with Crippen molar-refractivity contribution in [3.05, 3.63) is 101 Å². The molecule has 0 saturated heterocycles. The van der Waals surface area contributed by atoms with Gasteiger partial charge in [0.15, 0.2) is 5.78 Å². The Balaban J connectivity index is 1.63. The van der Waals surface area contributed by atoms with E-state index in [9.17, 15) is 9.90 Å². The van der Waals surface area contributed by atoms with Gasteiger partial charge in [0.1, 0.15) is 5.75 Å². The number of Topliss-reactive ketones (excluding diaryl/α,β-unsaturated/α-hetero) is 1. The molecule has 0 aromatic heterocycles. The number of carbonyl (C=O) groups excluding carboxylic acids is 1. The number of nitrogens with one attached hydrogen (secondary N) is 2. The molecule has 2 atom stereocenters. The highest BCUT2D eigenvalue weighted by Crippen LogP contribution is 2.44. The van der Waals surface area contributed by atoms with E-state index in [0.29, 0.717) is 6.42 Å².